The second-order valence-corrected chi connectivity index (χ2v) is 5.01. The Morgan fingerprint density at radius 2 is 2.31 bits per heavy atom. The molecule has 0 aromatic heterocycles. The lowest BCUT2D eigenvalue weighted by Gasteiger charge is -2.22. The summed E-state index contributed by atoms with van der Waals surface area (Å²) < 4.78 is 30.2. The number of hydrogen-bond donors (Lipinski definition) is 2. The molecular weight excluding hydrogens is 192 g/mol. The Labute approximate surface area is 78.7 Å². The van der Waals surface area contributed by atoms with Crippen molar-refractivity contribution in [3.8, 4) is 0 Å². The van der Waals surface area contributed by atoms with Crippen LogP contribution < -0.4 is 10.5 Å². The van der Waals surface area contributed by atoms with Gasteiger partial charge in [0.2, 0.25) is 10.0 Å². The molecule has 1 saturated heterocycles. The molecule has 0 radical (unpaired) electrons. The summed E-state index contributed by atoms with van der Waals surface area (Å²) in [4.78, 5) is 0. The van der Waals surface area contributed by atoms with E-state index in [1.165, 1.54) is 0 Å². The maximum Gasteiger partial charge on any atom is 0.213 e. The quantitative estimate of drug-likeness (QED) is 0.623. The van der Waals surface area contributed by atoms with Crippen molar-refractivity contribution in [2.75, 3.05) is 25.5 Å². The van der Waals surface area contributed by atoms with Crippen molar-refractivity contribution in [2.45, 2.75) is 18.9 Å². The fraction of sp³-hybridized carbons (Fsp3) is 1.00. The van der Waals surface area contributed by atoms with E-state index in [0.717, 1.165) is 19.4 Å². The van der Waals surface area contributed by atoms with Crippen LogP contribution in [-0.4, -0.2) is 40.0 Å². The standard InChI is InChI=1S/C7H16N2O3S/c8-3-5-13(10,11)9-7-2-1-4-12-6-7/h7,9H,1-6,8H2. The van der Waals surface area contributed by atoms with Gasteiger partial charge in [0.05, 0.1) is 12.4 Å². The van der Waals surface area contributed by atoms with E-state index < -0.39 is 10.0 Å². The number of nitrogens with one attached hydrogen (secondary N) is 1. The highest BCUT2D eigenvalue weighted by molar-refractivity contribution is 7.89. The lowest BCUT2D eigenvalue weighted by Crippen LogP contribution is -2.42. The first kappa shape index (κ1) is 10.9. The first-order chi connectivity index (χ1) is 6.14. The average molecular weight is 208 g/mol. The Morgan fingerprint density at radius 3 is 2.85 bits per heavy atom. The molecule has 3 N–H and O–H groups in total. The van der Waals surface area contributed by atoms with E-state index in [4.69, 9.17) is 10.5 Å². The van der Waals surface area contributed by atoms with Gasteiger partial charge in [-0.05, 0) is 12.8 Å². The van der Waals surface area contributed by atoms with Crippen LogP contribution in [0.2, 0.25) is 0 Å². The number of ether oxygens (including phenoxy) is 1. The van der Waals surface area contributed by atoms with Gasteiger partial charge in [-0.3, -0.25) is 0 Å². The molecule has 0 saturated carbocycles. The summed E-state index contributed by atoms with van der Waals surface area (Å²) in [5, 5.41) is 0. The average Bonchev–Trinajstić information content (AvgIpc) is 2.04. The predicted molar refractivity (Wildman–Crippen MR) is 49.8 cm³/mol. The fourth-order valence-electron chi connectivity index (χ4n) is 1.30. The van der Waals surface area contributed by atoms with Gasteiger partial charge in [0.15, 0.2) is 0 Å². The van der Waals surface area contributed by atoms with E-state index in [-0.39, 0.29) is 18.3 Å². The first-order valence-electron chi connectivity index (χ1n) is 4.42. The van der Waals surface area contributed by atoms with Crippen LogP contribution in [0.3, 0.4) is 0 Å². The molecule has 6 heteroatoms. The van der Waals surface area contributed by atoms with Crippen molar-refractivity contribution in [2.24, 2.45) is 5.73 Å². The molecule has 0 bridgehead atoms. The molecule has 78 valence electrons. The van der Waals surface area contributed by atoms with Crippen LogP contribution in [0.15, 0.2) is 0 Å². The third-order valence-corrected chi connectivity index (χ3v) is 3.36. The van der Waals surface area contributed by atoms with E-state index >= 15 is 0 Å². The monoisotopic (exact) mass is 208 g/mol. The van der Waals surface area contributed by atoms with Gasteiger partial charge < -0.3 is 10.5 Å². The molecule has 0 amide bonds. The zero-order valence-electron chi connectivity index (χ0n) is 7.53. The smallest absolute Gasteiger partial charge is 0.213 e. The Bertz CT molecular complexity index is 234. The van der Waals surface area contributed by atoms with Crippen molar-refractivity contribution in [1.82, 2.24) is 4.72 Å². The Hall–Kier alpha value is -0.170. The number of rotatable bonds is 4. The van der Waals surface area contributed by atoms with Crippen molar-refractivity contribution in [3.63, 3.8) is 0 Å². The topological polar surface area (TPSA) is 81.4 Å². The normalized spacial score (nSPS) is 24.5. The second-order valence-electron chi connectivity index (χ2n) is 3.14. The Kier molecular flexibility index (Phi) is 4.11. The highest BCUT2D eigenvalue weighted by Gasteiger charge is 2.19. The van der Waals surface area contributed by atoms with E-state index in [1.54, 1.807) is 0 Å². The fourth-order valence-corrected chi connectivity index (χ4v) is 2.42. The van der Waals surface area contributed by atoms with Crippen LogP contribution >= 0.6 is 0 Å². The molecule has 0 spiro atoms. The van der Waals surface area contributed by atoms with Gasteiger partial charge in [-0.2, -0.15) is 0 Å². The molecule has 1 fully saturated rings. The highest BCUT2D eigenvalue weighted by Crippen LogP contribution is 2.06. The molecule has 1 aliphatic rings. The lowest BCUT2D eigenvalue weighted by molar-refractivity contribution is 0.0774. The predicted octanol–water partition coefficient (Wildman–Crippen LogP) is -0.956. The van der Waals surface area contributed by atoms with Crippen LogP contribution in [-0.2, 0) is 14.8 Å². The van der Waals surface area contributed by atoms with Gasteiger partial charge >= 0.3 is 0 Å². The van der Waals surface area contributed by atoms with Crippen LogP contribution in [0.5, 0.6) is 0 Å². The van der Waals surface area contributed by atoms with Gasteiger partial charge in [0, 0.05) is 19.2 Å². The van der Waals surface area contributed by atoms with E-state index in [9.17, 15) is 8.42 Å². The molecule has 1 heterocycles. The third kappa shape index (κ3) is 4.04. The summed E-state index contributed by atoms with van der Waals surface area (Å²) in [6.07, 6.45) is 1.76. The van der Waals surface area contributed by atoms with Crippen LogP contribution in [0.1, 0.15) is 12.8 Å². The van der Waals surface area contributed by atoms with Crippen molar-refractivity contribution in [1.29, 1.82) is 0 Å². The highest BCUT2D eigenvalue weighted by atomic mass is 32.2. The van der Waals surface area contributed by atoms with Crippen LogP contribution in [0.4, 0.5) is 0 Å². The lowest BCUT2D eigenvalue weighted by atomic mass is 10.1. The van der Waals surface area contributed by atoms with Gasteiger partial charge in [0.1, 0.15) is 0 Å². The second kappa shape index (κ2) is 4.90. The number of sulfonamides is 1. The molecule has 13 heavy (non-hydrogen) atoms. The Morgan fingerprint density at radius 1 is 1.54 bits per heavy atom. The molecule has 1 rings (SSSR count). The van der Waals surface area contributed by atoms with E-state index in [1.807, 2.05) is 0 Å². The zero-order chi connectivity index (χ0) is 9.73. The SMILES string of the molecule is NCCS(=O)(=O)NC1CCCOC1. The van der Waals surface area contributed by atoms with Gasteiger partial charge in [0.25, 0.3) is 0 Å². The van der Waals surface area contributed by atoms with Crippen LogP contribution in [0.25, 0.3) is 0 Å². The summed E-state index contributed by atoms with van der Waals surface area (Å²) in [6.45, 7) is 1.36. The summed E-state index contributed by atoms with van der Waals surface area (Å²) >= 11 is 0. The summed E-state index contributed by atoms with van der Waals surface area (Å²) in [5.41, 5.74) is 5.17. The summed E-state index contributed by atoms with van der Waals surface area (Å²) in [7, 11) is -3.19. The van der Waals surface area contributed by atoms with Crippen molar-refractivity contribution >= 4 is 10.0 Å². The van der Waals surface area contributed by atoms with Gasteiger partial charge in [-0.1, -0.05) is 0 Å². The van der Waals surface area contributed by atoms with Gasteiger partial charge in [-0.15, -0.1) is 0 Å². The first-order valence-corrected chi connectivity index (χ1v) is 6.07. The van der Waals surface area contributed by atoms with Crippen molar-refractivity contribution < 1.29 is 13.2 Å². The largest absolute Gasteiger partial charge is 0.380 e. The summed E-state index contributed by atoms with van der Waals surface area (Å²) in [6, 6.07) is -0.0645. The van der Waals surface area contributed by atoms with Crippen molar-refractivity contribution in [3.05, 3.63) is 0 Å². The van der Waals surface area contributed by atoms with Crippen LogP contribution in [0, 0.1) is 0 Å². The minimum absolute atomic E-state index is 0.0104. The molecule has 1 aliphatic heterocycles. The third-order valence-electron chi connectivity index (χ3n) is 1.89. The molecule has 1 unspecified atom stereocenters. The van der Waals surface area contributed by atoms with E-state index in [0.29, 0.717) is 6.61 Å². The molecule has 1 atom stereocenters. The number of hydrogen-bond acceptors (Lipinski definition) is 4. The maximum atomic E-state index is 11.3. The number of nitrogens with two attached hydrogens (primary N) is 1. The molecule has 0 aliphatic carbocycles. The molecule has 0 aromatic rings. The minimum atomic E-state index is -3.19. The molecule has 5 nitrogen and oxygen atoms in total. The van der Waals surface area contributed by atoms with Gasteiger partial charge in [-0.25, -0.2) is 13.1 Å². The minimum Gasteiger partial charge on any atom is -0.380 e. The summed E-state index contributed by atoms with van der Waals surface area (Å²) in [5.74, 6) is -0.0104. The molecular formula is C7H16N2O3S. The Balaban J connectivity index is 2.37. The van der Waals surface area contributed by atoms with E-state index in [2.05, 4.69) is 4.72 Å². The zero-order valence-corrected chi connectivity index (χ0v) is 8.35. The maximum absolute atomic E-state index is 11.3. The molecule has 0 aromatic carbocycles.